The van der Waals surface area contributed by atoms with Gasteiger partial charge in [-0.2, -0.15) is 0 Å². The zero-order valence-corrected chi connectivity index (χ0v) is 5.76. The molecule has 0 bridgehead atoms. The van der Waals surface area contributed by atoms with Gasteiger partial charge in [0, 0.05) is 6.61 Å². The van der Waals surface area contributed by atoms with Crippen molar-refractivity contribution >= 4 is 0 Å². The van der Waals surface area contributed by atoms with Crippen LogP contribution < -0.4 is 0 Å². The topological polar surface area (TPSA) is 38.7 Å². The molecule has 0 aliphatic heterocycles. The van der Waals surface area contributed by atoms with Crippen LogP contribution in [0.2, 0.25) is 0 Å². The minimum atomic E-state index is 0.502. The smallest absolute Gasteiger partial charge is 0.0727 e. The third-order valence-corrected chi connectivity index (χ3v) is 0.807. The molecule has 0 aliphatic carbocycles. The van der Waals surface area contributed by atoms with Crippen LogP contribution in [0.4, 0.5) is 0 Å². The summed E-state index contributed by atoms with van der Waals surface area (Å²) in [5.41, 5.74) is 0.854. The highest BCUT2D eigenvalue weighted by Gasteiger charge is 1.85. The van der Waals surface area contributed by atoms with Crippen LogP contribution >= 0.6 is 0 Å². The summed E-state index contributed by atoms with van der Waals surface area (Å²) in [5.74, 6) is 0. The van der Waals surface area contributed by atoms with Crippen LogP contribution in [0.5, 0.6) is 0 Å². The Kier molecular flexibility index (Phi) is 5.01. The predicted octanol–water partition coefficient (Wildman–Crippen LogP) is 1.69. The fraction of sp³-hybridized carbons (Fsp3) is 0.667. The van der Waals surface area contributed by atoms with E-state index >= 15 is 0 Å². The van der Waals surface area contributed by atoms with E-state index in [0.29, 0.717) is 13.2 Å². The Morgan fingerprint density at radius 3 is 2.89 bits per heavy atom. The van der Waals surface area contributed by atoms with Crippen molar-refractivity contribution in [3.8, 4) is 0 Å². The monoisotopic (exact) mass is 129 g/mol. The normalized spacial score (nSPS) is 11.6. The highest BCUT2D eigenvalue weighted by molar-refractivity contribution is 4.96. The minimum absolute atomic E-state index is 0.502. The lowest BCUT2D eigenvalue weighted by molar-refractivity contribution is 0.171. The number of nitroso groups, excluding NO2 is 1. The summed E-state index contributed by atoms with van der Waals surface area (Å²) in [5, 5.41) is 2.60. The van der Waals surface area contributed by atoms with Gasteiger partial charge in [-0.25, -0.2) is 0 Å². The molecule has 0 N–H and O–H groups in total. The van der Waals surface area contributed by atoms with Gasteiger partial charge in [0.05, 0.1) is 12.8 Å². The second-order valence-electron chi connectivity index (χ2n) is 1.72. The molecule has 0 heterocycles. The molecule has 3 heteroatoms. The van der Waals surface area contributed by atoms with Gasteiger partial charge in [-0.1, -0.05) is 0 Å². The summed E-state index contributed by atoms with van der Waals surface area (Å²) >= 11 is 0. The Bertz CT molecular complexity index is 110. The lowest BCUT2D eigenvalue weighted by Crippen LogP contribution is -1.93. The summed E-state index contributed by atoms with van der Waals surface area (Å²) in [4.78, 5) is 9.60. The highest BCUT2D eigenvalue weighted by Crippen LogP contribution is 1.92. The molecule has 0 unspecified atom stereocenters. The molecule has 3 nitrogen and oxygen atoms in total. The zero-order chi connectivity index (χ0) is 7.11. The molecular formula is C6H11NO2. The predicted molar refractivity (Wildman–Crippen MR) is 36.0 cm³/mol. The second kappa shape index (κ2) is 5.44. The van der Waals surface area contributed by atoms with Crippen molar-refractivity contribution in [2.24, 2.45) is 5.18 Å². The van der Waals surface area contributed by atoms with E-state index in [1.54, 1.807) is 6.92 Å². The average Bonchev–Trinajstić information content (AvgIpc) is 1.85. The lowest BCUT2D eigenvalue weighted by atomic mass is 10.4. The first-order valence-corrected chi connectivity index (χ1v) is 2.87. The molecule has 0 aromatic heterocycles. The van der Waals surface area contributed by atoms with Gasteiger partial charge >= 0.3 is 0 Å². The van der Waals surface area contributed by atoms with Crippen molar-refractivity contribution in [2.45, 2.75) is 13.8 Å². The minimum Gasteiger partial charge on any atom is -0.377 e. The van der Waals surface area contributed by atoms with Gasteiger partial charge in [-0.3, -0.25) is 0 Å². The molecule has 0 aromatic rings. The molecule has 52 valence electrons. The maximum Gasteiger partial charge on any atom is 0.0727 e. The van der Waals surface area contributed by atoms with Crippen molar-refractivity contribution in [1.82, 2.24) is 0 Å². The first-order chi connectivity index (χ1) is 4.31. The third-order valence-electron chi connectivity index (χ3n) is 0.807. The molecule has 0 saturated heterocycles. The molecule has 0 aromatic carbocycles. The molecule has 0 rings (SSSR count). The molecule has 9 heavy (non-hydrogen) atoms. The van der Waals surface area contributed by atoms with Crippen LogP contribution in [0.25, 0.3) is 0 Å². The van der Waals surface area contributed by atoms with Crippen molar-refractivity contribution in [3.05, 3.63) is 16.7 Å². The van der Waals surface area contributed by atoms with E-state index in [9.17, 15) is 4.91 Å². The maximum absolute atomic E-state index is 9.60. The van der Waals surface area contributed by atoms with Gasteiger partial charge < -0.3 is 4.74 Å². The summed E-state index contributed by atoms with van der Waals surface area (Å²) in [6.07, 6.45) is 1.26. The van der Waals surface area contributed by atoms with Gasteiger partial charge in [0.2, 0.25) is 0 Å². The van der Waals surface area contributed by atoms with Crippen LogP contribution in [-0.4, -0.2) is 13.2 Å². The molecule has 0 fully saturated rings. The first kappa shape index (κ1) is 8.30. The molecular weight excluding hydrogens is 118 g/mol. The zero-order valence-electron chi connectivity index (χ0n) is 5.76. The number of hydrogen-bond acceptors (Lipinski definition) is 3. The van der Waals surface area contributed by atoms with E-state index in [1.165, 1.54) is 6.20 Å². The number of hydrogen-bond donors (Lipinski definition) is 0. The maximum atomic E-state index is 9.60. The molecule has 0 spiro atoms. The van der Waals surface area contributed by atoms with Crippen LogP contribution in [0.1, 0.15) is 13.8 Å². The fourth-order valence-corrected chi connectivity index (χ4v) is 0.390. The average molecular weight is 129 g/mol. The second-order valence-corrected chi connectivity index (χ2v) is 1.72. The number of nitrogens with zero attached hydrogens (tertiary/aromatic N) is 1. The summed E-state index contributed by atoms with van der Waals surface area (Å²) < 4.78 is 4.98. The highest BCUT2D eigenvalue weighted by atomic mass is 16.5. The summed E-state index contributed by atoms with van der Waals surface area (Å²) in [6.45, 7) is 4.88. The summed E-state index contributed by atoms with van der Waals surface area (Å²) in [6, 6.07) is 0. The van der Waals surface area contributed by atoms with E-state index in [4.69, 9.17) is 4.74 Å². The van der Waals surface area contributed by atoms with E-state index < -0.39 is 0 Å². The standard InChI is InChI=1S/C6H11NO2/c1-3-9-5-6(2)4-7-8/h4H,3,5H2,1-2H3. The van der Waals surface area contributed by atoms with Crippen molar-refractivity contribution in [1.29, 1.82) is 0 Å². The molecule has 0 saturated carbocycles. The van der Waals surface area contributed by atoms with Crippen LogP contribution in [0.3, 0.4) is 0 Å². The van der Waals surface area contributed by atoms with Gasteiger partial charge in [0.1, 0.15) is 0 Å². The Labute approximate surface area is 54.7 Å². The van der Waals surface area contributed by atoms with Gasteiger partial charge in [0.25, 0.3) is 0 Å². The van der Waals surface area contributed by atoms with Crippen LogP contribution in [0.15, 0.2) is 16.9 Å². The fourth-order valence-electron chi connectivity index (χ4n) is 0.390. The van der Waals surface area contributed by atoms with E-state index in [1.807, 2.05) is 6.92 Å². The van der Waals surface area contributed by atoms with E-state index in [2.05, 4.69) is 5.18 Å². The van der Waals surface area contributed by atoms with Gasteiger partial charge in [-0.15, -0.1) is 4.91 Å². The van der Waals surface area contributed by atoms with Crippen LogP contribution in [0, 0.1) is 4.91 Å². The molecule has 0 aliphatic rings. The molecule has 0 amide bonds. The van der Waals surface area contributed by atoms with Crippen LogP contribution in [-0.2, 0) is 4.74 Å². The quantitative estimate of drug-likeness (QED) is 0.542. The van der Waals surface area contributed by atoms with Crippen molar-refractivity contribution in [2.75, 3.05) is 13.2 Å². The molecule has 0 radical (unpaired) electrons. The van der Waals surface area contributed by atoms with Gasteiger partial charge in [0.15, 0.2) is 0 Å². The Balaban J connectivity index is 3.36. The largest absolute Gasteiger partial charge is 0.377 e. The molecule has 0 atom stereocenters. The third kappa shape index (κ3) is 5.17. The van der Waals surface area contributed by atoms with Crippen molar-refractivity contribution < 1.29 is 4.74 Å². The van der Waals surface area contributed by atoms with E-state index in [0.717, 1.165) is 5.57 Å². The summed E-state index contributed by atoms with van der Waals surface area (Å²) in [7, 11) is 0. The SMILES string of the molecule is CCOCC(C)=CN=O. The first-order valence-electron chi connectivity index (χ1n) is 2.87. The Hall–Kier alpha value is -0.700. The Morgan fingerprint density at radius 1 is 1.78 bits per heavy atom. The number of rotatable bonds is 4. The Morgan fingerprint density at radius 2 is 2.44 bits per heavy atom. The van der Waals surface area contributed by atoms with E-state index in [-0.39, 0.29) is 0 Å². The number of ether oxygens (including phenoxy) is 1. The van der Waals surface area contributed by atoms with Crippen molar-refractivity contribution in [3.63, 3.8) is 0 Å². The lowest BCUT2D eigenvalue weighted by Gasteiger charge is -1.96. The van der Waals surface area contributed by atoms with Gasteiger partial charge in [-0.05, 0) is 24.6 Å².